The van der Waals surface area contributed by atoms with E-state index in [1.807, 2.05) is 0 Å². The number of halogens is 1. The molecule has 5 nitrogen and oxygen atoms in total. The van der Waals surface area contributed by atoms with E-state index in [-0.39, 0.29) is 5.56 Å². The quantitative estimate of drug-likeness (QED) is 0.412. The Morgan fingerprint density at radius 1 is 1.64 bits per heavy atom. The number of benzene rings is 1. The first-order valence-corrected chi connectivity index (χ1v) is 3.62. The third-order valence-electron chi connectivity index (χ3n) is 1.54. The molecule has 0 heterocycles. The maximum absolute atomic E-state index is 13.1. The monoisotopic (exact) mass is 195 g/mol. The second-order valence-electron chi connectivity index (χ2n) is 2.34. The highest BCUT2D eigenvalue weighted by molar-refractivity contribution is 5.95. The molecule has 0 N–H and O–H groups in total. The highest BCUT2D eigenvalue weighted by Crippen LogP contribution is 2.16. The van der Waals surface area contributed by atoms with Gasteiger partial charge in [-0.1, -0.05) is 0 Å². The van der Waals surface area contributed by atoms with Crippen molar-refractivity contribution in [2.45, 2.75) is 0 Å². The molecule has 1 aromatic carbocycles. The molecule has 1 amide bonds. The Kier molecular flexibility index (Phi) is 3.04. The molecule has 0 spiro atoms. The SMILES string of the molecule is COc1ccc(C(=O)N=[N+]=[N-])c(F)c1. The predicted molar refractivity (Wildman–Crippen MR) is 46.4 cm³/mol. The average molecular weight is 195 g/mol. The van der Waals surface area contributed by atoms with Crippen LogP contribution in [0.5, 0.6) is 5.75 Å². The van der Waals surface area contributed by atoms with Gasteiger partial charge in [0.1, 0.15) is 11.6 Å². The number of amides is 1. The summed E-state index contributed by atoms with van der Waals surface area (Å²) < 4.78 is 17.9. The second-order valence-corrected chi connectivity index (χ2v) is 2.34. The summed E-state index contributed by atoms with van der Waals surface area (Å²) >= 11 is 0. The maximum Gasteiger partial charge on any atom is 0.252 e. The van der Waals surface area contributed by atoms with Gasteiger partial charge in [0.05, 0.1) is 12.7 Å². The second kappa shape index (κ2) is 4.25. The molecule has 0 aliphatic rings. The lowest BCUT2D eigenvalue weighted by Crippen LogP contribution is -1.98. The van der Waals surface area contributed by atoms with Crippen LogP contribution < -0.4 is 4.74 Å². The summed E-state index contributed by atoms with van der Waals surface area (Å²) in [4.78, 5) is 13.2. The van der Waals surface area contributed by atoms with Gasteiger partial charge in [0.2, 0.25) is 0 Å². The van der Waals surface area contributed by atoms with Crippen molar-refractivity contribution in [1.29, 1.82) is 0 Å². The summed E-state index contributed by atoms with van der Waals surface area (Å²) in [6.45, 7) is 0. The zero-order valence-electron chi connectivity index (χ0n) is 7.27. The lowest BCUT2D eigenvalue weighted by molar-refractivity contribution is 0.0996. The number of hydrogen-bond acceptors (Lipinski definition) is 2. The number of carbonyl (C=O) groups is 1. The van der Waals surface area contributed by atoms with Gasteiger partial charge in [-0.15, -0.1) is 0 Å². The first kappa shape index (κ1) is 10.0. The summed E-state index contributed by atoms with van der Waals surface area (Å²) in [7, 11) is 1.38. The molecule has 1 aromatic rings. The number of rotatable bonds is 2. The summed E-state index contributed by atoms with van der Waals surface area (Å²) in [5.74, 6) is -1.44. The molecule has 0 unspecified atom stereocenters. The molecule has 0 saturated carbocycles. The minimum absolute atomic E-state index is 0.274. The number of hydrogen-bond donors (Lipinski definition) is 0. The number of azide groups is 1. The van der Waals surface area contributed by atoms with Gasteiger partial charge in [-0.3, -0.25) is 4.79 Å². The molecule has 14 heavy (non-hydrogen) atoms. The van der Waals surface area contributed by atoms with Crippen LogP contribution in [0.15, 0.2) is 23.3 Å². The van der Waals surface area contributed by atoms with Gasteiger partial charge in [-0.05, 0) is 22.8 Å². The number of ether oxygens (including phenoxy) is 1. The molecule has 0 saturated heterocycles. The van der Waals surface area contributed by atoms with Crippen LogP contribution in [0, 0.1) is 5.82 Å². The lowest BCUT2D eigenvalue weighted by Gasteiger charge is -2.01. The fourth-order valence-electron chi connectivity index (χ4n) is 0.891. The molecule has 0 aliphatic carbocycles. The van der Waals surface area contributed by atoms with Crippen molar-refractivity contribution >= 4 is 5.91 Å². The Bertz CT molecular complexity index is 413. The molecule has 72 valence electrons. The van der Waals surface area contributed by atoms with Crippen LogP contribution in [-0.4, -0.2) is 13.0 Å². The summed E-state index contributed by atoms with van der Waals surface area (Å²) in [6.07, 6.45) is 0. The molecule has 0 radical (unpaired) electrons. The van der Waals surface area contributed by atoms with Crippen molar-refractivity contribution in [2.24, 2.45) is 5.11 Å². The molecule has 0 aromatic heterocycles. The fraction of sp³-hybridized carbons (Fsp3) is 0.125. The van der Waals surface area contributed by atoms with Crippen molar-refractivity contribution in [3.05, 3.63) is 40.0 Å². The standard InChI is InChI=1S/C8H6FN3O2/c1-14-5-2-3-6(7(9)4-5)8(13)11-12-10/h2-4H,1H3. The zero-order chi connectivity index (χ0) is 10.6. The lowest BCUT2D eigenvalue weighted by atomic mass is 10.2. The maximum atomic E-state index is 13.1. The Hall–Kier alpha value is -2.07. The van der Waals surface area contributed by atoms with Gasteiger partial charge in [0.25, 0.3) is 5.91 Å². The molecular weight excluding hydrogens is 189 g/mol. The topological polar surface area (TPSA) is 75.1 Å². The van der Waals surface area contributed by atoms with Crippen molar-refractivity contribution in [3.63, 3.8) is 0 Å². The molecule has 0 bridgehead atoms. The van der Waals surface area contributed by atoms with Crippen LogP contribution in [-0.2, 0) is 0 Å². The van der Waals surface area contributed by atoms with Crippen LogP contribution in [0.25, 0.3) is 10.4 Å². The number of methoxy groups -OCH3 is 1. The van der Waals surface area contributed by atoms with Crippen molar-refractivity contribution in [3.8, 4) is 5.75 Å². The third-order valence-corrected chi connectivity index (χ3v) is 1.54. The average Bonchev–Trinajstić information content (AvgIpc) is 2.17. The fourth-order valence-corrected chi connectivity index (χ4v) is 0.891. The van der Waals surface area contributed by atoms with Crippen LogP contribution in [0.3, 0.4) is 0 Å². The van der Waals surface area contributed by atoms with Crippen LogP contribution in [0.1, 0.15) is 10.4 Å². The van der Waals surface area contributed by atoms with E-state index in [1.54, 1.807) is 0 Å². The molecule has 0 atom stereocenters. The van der Waals surface area contributed by atoms with Crippen molar-refractivity contribution in [2.75, 3.05) is 7.11 Å². The molecule has 1 rings (SSSR count). The normalized spacial score (nSPS) is 9.00. The molecule has 0 aliphatic heterocycles. The smallest absolute Gasteiger partial charge is 0.252 e. The summed E-state index contributed by atoms with van der Waals surface area (Å²) in [5.41, 5.74) is 7.71. The first-order chi connectivity index (χ1) is 6.69. The first-order valence-electron chi connectivity index (χ1n) is 3.62. The van der Waals surface area contributed by atoms with Crippen LogP contribution >= 0.6 is 0 Å². The third kappa shape index (κ3) is 1.99. The summed E-state index contributed by atoms with van der Waals surface area (Å²) in [5, 5.41) is 2.77. The van der Waals surface area contributed by atoms with E-state index in [0.29, 0.717) is 5.75 Å². The van der Waals surface area contributed by atoms with Gasteiger partial charge in [0.15, 0.2) is 0 Å². The Labute approximate surface area is 78.7 Å². The van der Waals surface area contributed by atoms with Gasteiger partial charge in [-0.2, -0.15) is 0 Å². The van der Waals surface area contributed by atoms with E-state index in [1.165, 1.54) is 19.2 Å². The largest absolute Gasteiger partial charge is 0.497 e. The Balaban J connectivity index is 3.11. The molecular formula is C8H6FN3O2. The minimum Gasteiger partial charge on any atom is -0.497 e. The Morgan fingerprint density at radius 2 is 2.36 bits per heavy atom. The van der Waals surface area contributed by atoms with Gasteiger partial charge < -0.3 is 4.74 Å². The zero-order valence-corrected chi connectivity index (χ0v) is 7.27. The predicted octanol–water partition coefficient (Wildman–Crippen LogP) is 2.28. The highest BCUT2D eigenvalue weighted by atomic mass is 19.1. The summed E-state index contributed by atoms with van der Waals surface area (Å²) in [6, 6.07) is 3.65. The number of nitrogens with zero attached hydrogens (tertiary/aromatic N) is 3. The van der Waals surface area contributed by atoms with E-state index in [0.717, 1.165) is 6.07 Å². The van der Waals surface area contributed by atoms with Crippen molar-refractivity contribution in [1.82, 2.24) is 0 Å². The number of carbonyl (C=O) groups excluding carboxylic acids is 1. The van der Waals surface area contributed by atoms with Gasteiger partial charge >= 0.3 is 0 Å². The van der Waals surface area contributed by atoms with Crippen molar-refractivity contribution < 1.29 is 13.9 Å². The van der Waals surface area contributed by atoms with E-state index in [9.17, 15) is 9.18 Å². The molecule has 6 heteroatoms. The van der Waals surface area contributed by atoms with E-state index in [2.05, 4.69) is 10.0 Å². The van der Waals surface area contributed by atoms with Crippen LogP contribution in [0.4, 0.5) is 4.39 Å². The molecule has 0 fully saturated rings. The van der Waals surface area contributed by atoms with Gasteiger partial charge in [0, 0.05) is 11.0 Å². The van der Waals surface area contributed by atoms with E-state index in [4.69, 9.17) is 10.3 Å². The minimum atomic E-state index is -0.951. The highest BCUT2D eigenvalue weighted by Gasteiger charge is 2.10. The van der Waals surface area contributed by atoms with E-state index < -0.39 is 11.7 Å². The Morgan fingerprint density at radius 3 is 2.86 bits per heavy atom. The van der Waals surface area contributed by atoms with E-state index >= 15 is 0 Å². The van der Waals surface area contributed by atoms with Crippen LogP contribution in [0.2, 0.25) is 0 Å². The van der Waals surface area contributed by atoms with Gasteiger partial charge in [-0.25, -0.2) is 4.39 Å².